The molecular formula is C10H9N3. The van der Waals surface area contributed by atoms with Crippen LogP contribution in [0.4, 0.5) is 0 Å². The summed E-state index contributed by atoms with van der Waals surface area (Å²) in [6.45, 7) is 0.383. The monoisotopic (exact) mass is 171 g/mol. The van der Waals surface area contributed by atoms with Crippen LogP contribution in [0, 0.1) is 11.8 Å². The van der Waals surface area contributed by atoms with Gasteiger partial charge in [-0.1, -0.05) is 11.8 Å². The van der Waals surface area contributed by atoms with E-state index in [2.05, 4.69) is 21.8 Å². The maximum absolute atomic E-state index is 5.30. The Bertz CT molecular complexity index is 473. The second-order valence-electron chi connectivity index (χ2n) is 2.60. The van der Waals surface area contributed by atoms with E-state index in [-0.39, 0.29) is 0 Å². The van der Waals surface area contributed by atoms with E-state index in [1.807, 2.05) is 18.3 Å². The molecule has 0 aliphatic carbocycles. The van der Waals surface area contributed by atoms with Crippen LogP contribution in [-0.2, 0) is 0 Å². The molecule has 64 valence electrons. The molecule has 0 radical (unpaired) electrons. The van der Waals surface area contributed by atoms with E-state index >= 15 is 0 Å². The quantitative estimate of drug-likeness (QED) is 0.578. The van der Waals surface area contributed by atoms with Crippen molar-refractivity contribution in [2.24, 2.45) is 5.73 Å². The average molecular weight is 171 g/mol. The zero-order chi connectivity index (χ0) is 9.10. The fraction of sp³-hybridized carbons (Fsp3) is 0.100. The molecule has 0 aromatic carbocycles. The van der Waals surface area contributed by atoms with Crippen LogP contribution in [0.25, 0.3) is 11.0 Å². The molecule has 2 aromatic rings. The fourth-order valence-corrected chi connectivity index (χ4v) is 1.22. The van der Waals surface area contributed by atoms with Gasteiger partial charge in [0.15, 0.2) is 0 Å². The largest absolute Gasteiger partial charge is 0.346 e. The Morgan fingerprint density at radius 2 is 2.38 bits per heavy atom. The highest BCUT2D eigenvalue weighted by molar-refractivity contribution is 5.82. The molecule has 0 saturated carbocycles. The maximum atomic E-state index is 5.30. The molecule has 3 N–H and O–H groups in total. The lowest BCUT2D eigenvalue weighted by molar-refractivity contribution is 1.30. The van der Waals surface area contributed by atoms with Crippen molar-refractivity contribution in [2.45, 2.75) is 0 Å². The summed E-state index contributed by atoms with van der Waals surface area (Å²) in [5, 5.41) is 1.04. The highest BCUT2D eigenvalue weighted by atomic mass is 14.8. The zero-order valence-electron chi connectivity index (χ0n) is 7.04. The van der Waals surface area contributed by atoms with Crippen molar-refractivity contribution >= 4 is 11.0 Å². The molecule has 3 heteroatoms. The van der Waals surface area contributed by atoms with Crippen LogP contribution in [0.3, 0.4) is 0 Å². The number of nitrogens with zero attached hydrogens (tertiary/aromatic N) is 1. The predicted molar refractivity (Wildman–Crippen MR) is 52.0 cm³/mol. The molecule has 0 aliphatic rings. The SMILES string of the molecule is NCC#Cc1ccnc2[nH]ccc12. The summed E-state index contributed by atoms with van der Waals surface area (Å²) in [7, 11) is 0. The van der Waals surface area contributed by atoms with E-state index in [1.54, 1.807) is 6.20 Å². The van der Waals surface area contributed by atoms with Gasteiger partial charge >= 0.3 is 0 Å². The third-order valence-corrected chi connectivity index (χ3v) is 1.79. The summed E-state index contributed by atoms with van der Waals surface area (Å²) in [4.78, 5) is 7.18. The zero-order valence-corrected chi connectivity index (χ0v) is 7.04. The first-order valence-corrected chi connectivity index (χ1v) is 4.03. The normalized spacial score (nSPS) is 9.62. The molecule has 0 aliphatic heterocycles. The molecule has 2 rings (SSSR count). The van der Waals surface area contributed by atoms with Crippen LogP contribution in [0.5, 0.6) is 0 Å². The number of hydrogen-bond acceptors (Lipinski definition) is 2. The Morgan fingerprint density at radius 3 is 3.23 bits per heavy atom. The minimum absolute atomic E-state index is 0.383. The molecule has 3 nitrogen and oxygen atoms in total. The third kappa shape index (κ3) is 1.40. The van der Waals surface area contributed by atoms with E-state index in [9.17, 15) is 0 Å². The summed E-state index contributed by atoms with van der Waals surface area (Å²) >= 11 is 0. The van der Waals surface area contributed by atoms with Crippen molar-refractivity contribution in [3.63, 3.8) is 0 Å². The van der Waals surface area contributed by atoms with E-state index in [1.165, 1.54) is 0 Å². The van der Waals surface area contributed by atoms with Gasteiger partial charge < -0.3 is 10.7 Å². The number of fused-ring (bicyclic) bond motifs is 1. The Balaban J connectivity index is 2.61. The van der Waals surface area contributed by atoms with Crippen LogP contribution in [0.2, 0.25) is 0 Å². The lowest BCUT2D eigenvalue weighted by Crippen LogP contribution is -1.93. The maximum Gasteiger partial charge on any atom is 0.138 e. The van der Waals surface area contributed by atoms with Crippen LogP contribution >= 0.6 is 0 Å². The second kappa shape index (κ2) is 3.30. The van der Waals surface area contributed by atoms with Gasteiger partial charge in [0.05, 0.1) is 6.54 Å². The molecule has 13 heavy (non-hydrogen) atoms. The molecule has 0 bridgehead atoms. The Labute approximate surface area is 76.0 Å². The summed E-state index contributed by atoms with van der Waals surface area (Å²) in [5.41, 5.74) is 7.13. The minimum Gasteiger partial charge on any atom is -0.346 e. The molecule has 0 fully saturated rings. The van der Waals surface area contributed by atoms with Crippen LogP contribution < -0.4 is 5.73 Å². The number of nitrogens with two attached hydrogens (primary N) is 1. The van der Waals surface area contributed by atoms with Gasteiger partial charge in [-0.25, -0.2) is 4.98 Å². The highest BCUT2D eigenvalue weighted by Gasteiger charge is 1.98. The topological polar surface area (TPSA) is 54.7 Å². The molecular weight excluding hydrogens is 162 g/mol. The molecule has 0 spiro atoms. The Morgan fingerprint density at radius 1 is 1.46 bits per heavy atom. The van der Waals surface area contributed by atoms with E-state index < -0.39 is 0 Å². The first-order chi connectivity index (χ1) is 6.42. The summed E-state index contributed by atoms with van der Waals surface area (Å²) in [6, 6.07) is 3.85. The number of nitrogens with one attached hydrogen (secondary N) is 1. The minimum atomic E-state index is 0.383. The van der Waals surface area contributed by atoms with Crippen molar-refractivity contribution in [1.29, 1.82) is 0 Å². The number of rotatable bonds is 0. The van der Waals surface area contributed by atoms with Crippen LogP contribution in [0.15, 0.2) is 24.5 Å². The van der Waals surface area contributed by atoms with Crippen molar-refractivity contribution in [3.8, 4) is 11.8 Å². The molecule has 2 aromatic heterocycles. The van der Waals surface area contributed by atoms with E-state index in [0.29, 0.717) is 6.54 Å². The standard InChI is InChI=1S/C10H9N3/c11-5-1-2-8-3-6-12-10-9(8)4-7-13-10/h3-4,6-7H,5,11H2,(H,12,13). The lowest BCUT2D eigenvalue weighted by Gasteiger charge is -1.91. The third-order valence-electron chi connectivity index (χ3n) is 1.79. The van der Waals surface area contributed by atoms with Gasteiger partial charge in [0.25, 0.3) is 0 Å². The highest BCUT2D eigenvalue weighted by Crippen LogP contribution is 2.13. The van der Waals surface area contributed by atoms with Crippen LogP contribution in [0.1, 0.15) is 5.56 Å². The van der Waals surface area contributed by atoms with Crippen LogP contribution in [-0.4, -0.2) is 16.5 Å². The van der Waals surface area contributed by atoms with Gasteiger partial charge in [0, 0.05) is 23.3 Å². The molecule has 0 saturated heterocycles. The van der Waals surface area contributed by atoms with Crippen molar-refractivity contribution in [2.75, 3.05) is 6.54 Å². The molecule has 2 heterocycles. The van der Waals surface area contributed by atoms with Gasteiger partial charge in [-0.05, 0) is 12.1 Å². The van der Waals surface area contributed by atoms with Gasteiger partial charge in [0.1, 0.15) is 5.65 Å². The van der Waals surface area contributed by atoms with Gasteiger partial charge in [-0.2, -0.15) is 0 Å². The summed E-state index contributed by atoms with van der Waals surface area (Å²) in [6.07, 6.45) is 3.59. The number of aromatic amines is 1. The first kappa shape index (κ1) is 7.84. The number of H-pyrrole nitrogens is 1. The number of pyridine rings is 1. The smallest absolute Gasteiger partial charge is 0.138 e. The summed E-state index contributed by atoms with van der Waals surface area (Å²) < 4.78 is 0. The summed E-state index contributed by atoms with van der Waals surface area (Å²) in [5.74, 6) is 5.82. The fourth-order valence-electron chi connectivity index (χ4n) is 1.22. The van der Waals surface area contributed by atoms with E-state index in [4.69, 9.17) is 5.73 Å². The van der Waals surface area contributed by atoms with E-state index in [0.717, 1.165) is 16.6 Å². The Kier molecular flexibility index (Phi) is 1.99. The Hall–Kier alpha value is -1.79. The van der Waals surface area contributed by atoms with Crippen molar-refractivity contribution in [1.82, 2.24) is 9.97 Å². The van der Waals surface area contributed by atoms with Gasteiger partial charge in [0.2, 0.25) is 0 Å². The predicted octanol–water partition coefficient (Wildman–Crippen LogP) is 0.873. The second-order valence-corrected chi connectivity index (χ2v) is 2.60. The van der Waals surface area contributed by atoms with Crippen molar-refractivity contribution < 1.29 is 0 Å². The molecule has 0 amide bonds. The molecule has 0 unspecified atom stereocenters. The van der Waals surface area contributed by atoms with Gasteiger partial charge in [-0.15, -0.1) is 0 Å². The first-order valence-electron chi connectivity index (χ1n) is 4.03. The van der Waals surface area contributed by atoms with Crippen molar-refractivity contribution in [3.05, 3.63) is 30.1 Å². The number of hydrogen-bond donors (Lipinski definition) is 2. The number of aromatic nitrogens is 2. The van der Waals surface area contributed by atoms with Gasteiger partial charge in [-0.3, -0.25) is 0 Å². The molecule has 0 atom stereocenters. The average Bonchev–Trinajstić information content (AvgIpc) is 2.62. The lowest BCUT2D eigenvalue weighted by atomic mass is 10.2.